The van der Waals surface area contributed by atoms with Crippen LogP contribution in [0.15, 0.2) is 48.5 Å². The van der Waals surface area contributed by atoms with Crippen molar-refractivity contribution in [3.8, 4) is 22.8 Å². The first kappa shape index (κ1) is 26.4. The van der Waals surface area contributed by atoms with Crippen molar-refractivity contribution < 1.29 is 19.9 Å². The molecular formula is C28H30N6O5. The predicted molar refractivity (Wildman–Crippen MR) is 144 cm³/mol. The number of aryl methyl sites for hydroxylation is 1. The lowest BCUT2D eigenvalue weighted by Crippen LogP contribution is -2.32. The van der Waals surface area contributed by atoms with Crippen molar-refractivity contribution in [1.82, 2.24) is 25.1 Å². The Morgan fingerprint density at radius 2 is 1.79 bits per heavy atom. The number of nitro groups is 1. The molecule has 0 amide bonds. The number of hydrogen-bond acceptors (Lipinski definition) is 9. The van der Waals surface area contributed by atoms with Gasteiger partial charge in [-0.25, -0.2) is 0 Å². The van der Waals surface area contributed by atoms with E-state index in [2.05, 4.69) is 39.4 Å². The molecule has 2 heterocycles. The Hall–Kier alpha value is -4.19. The summed E-state index contributed by atoms with van der Waals surface area (Å²) in [5.41, 5.74) is 6.25. The highest BCUT2D eigenvalue weighted by atomic mass is 16.6. The topological polar surface area (TPSA) is 140 Å². The zero-order valence-corrected chi connectivity index (χ0v) is 21.9. The largest absolute Gasteiger partial charge is 0.496 e. The van der Waals surface area contributed by atoms with E-state index >= 15 is 0 Å². The minimum atomic E-state index is -0.566. The molecule has 0 unspecified atom stereocenters. The standard InChI is InChI=1S/C28H30N6O5/c1-18-11-20-8-10-32(15-21(20)14-27(18)39-2)9-7-19-3-5-24(6-4-19)33-30-28(29-31-33)25-12-22(16-35)23(17-36)13-26(25)34(37)38/h3-6,11-14,35-36H,7-10,15-17H2,1-2H3. The van der Waals surface area contributed by atoms with Crippen LogP contribution in [0, 0.1) is 17.0 Å². The Morgan fingerprint density at radius 3 is 2.49 bits per heavy atom. The van der Waals surface area contributed by atoms with Crippen molar-refractivity contribution in [2.45, 2.75) is 39.5 Å². The molecule has 0 radical (unpaired) electrons. The first-order valence-electron chi connectivity index (χ1n) is 12.7. The van der Waals surface area contributed by atoms with E-state index in [0.29, 0.717) is 11.3 Å². The smallest absolute Gasteiger partial charge is 0.280 e. The Bertz CT molecular complexity index is 1500. The number of nitro benzene ring substituents is 1. The minimum absolute atomic E-state index is 0.0576. The number of aromatic nitrogens is 4. The third kappa shape index (κ3) is 5.51. The van der Waals surface area contributed by atoms with E-state index in [4.69, 9.17) is 4.74 Å². The zero-order chi connectivity index (χ0) is 27.5. The first-order chi connectivity index (χ1) is 18.9. The van der Waals surface area contributed by atoms with Crippen molar-refractivity contribution in [3.63, 3.8) is 0 Å². The van der Waals surface area contributed by atoms with Gasteiger partial charge >= 0.3 is 0 Å². The molecule has 0 spiro atoms. The maximum atomic E-state index is 11.6. The third-order valence-electron chi connectivity index (χ3n) is 7.20. The molecule has 1 aliphatic heterocycles. The van der Waals surface area contributed by atoms with Gasteiger partial charge in [0, 0.05) is 25.7 Å². The maximum Gasteiger partial charge on any atom is 0.280 e. The molecule has 1 aliphatic rings. The van der Waals surface area contributed by atoms with E-state index in [1.54, 1.807) is 7.11 Å². The van der Waals surface area contributed by atoms with E-state index in [9.17, 15) is 20.3 Å². The molecular weight excluding hydrogens is 500 g/mol. The van der Waals surface area contributed by atoms with Gasteiger partial charge in [0.25, 0.3) is 5.69 Å². The molecule has 1 aromatic heterocycles. The Kier molecular flexibility index (Phi) is 7.64. The van der Waals surface area contributed by atoms with Crippen molar-refractivity contribution in [2.24, 2.45) is 0 Å². The summed E-state index contributed by atoms with van der Waals surface area (Å²) in [6.45, 7) is 4.13. The van der Waals surface area contributed by atoms with Gasteiger partial charge in [-0.1, -0.05) is 18.2 Å². The summed E-state index contributed by atoms with van der Waals surface area (Å²) in [4.78, 5) is 14.8. The van der Waals surface area contributed by atoms with Crippen LogP contribution in [-0.4, -0.2) is 60.4 Å². The van der Waals surface area contributed by atoms with Gasteiger partial charge < -0.3 is 14.9 Å². The number of aliphatic hydroxyl groups is 2. The number of tetrazole rings is 1. The summed E-state index contributed by atoms with van der Waals surface area (Å²) in [7, 11) is 1.71. The van der Waals surface area contributed by atoms with Gasteiger partial charge in [-0.3, -0.25) is 15.0 Å². The zero-order valence-electron chi connectivity index (χ0n) is 21.9. The van der Waals surface area contributed by atoms with Crippen LogP contribution >= 0.6 is 0 Å². The van der Waals surface area contributed by atoms with Gasteiger partial charge in [0.2, 0.25) is 5.82 Å². The van der Waals surface area contributed by atoms with Gasteiger partial charge in [0.05, 0.1) is 30.9 Å². The van der Waals surface area contributed by atoms with Crippen molar-refractivity contribution in [3.05, 3.63) is 92.0 Å². The quantitative estimate of drug-likeness (QED) is 0.247. The van der Waals surface area contributed by atoms with Crippen LogP contribution in [0.1, 0.15) is 33.4 Å². The number of hydrogen-bond donors (Lipinski definition) is 2. The van der Waals surface area contributed by atoms with Crippen molar-refractivity contribution in [1.29, 1.82) is 0 Å². The summed E-state index contributed by atoms with van der Waals surface area (Å²) in [5.74, 6) is 0.990. The average molecular weight is 531 g/mol. The fourth-order valence-corrected chi connectivity index (χ4v) is 4.99. The van der Waals surface area contributed by atoms with Gasteiger partial charge in [-0.2, -0.15) is 0 Å². The average Bonchev–Trinajstić information content (AvgIpc) is 3.45. The van der Waals surface area contributed by atoms with Crippen molar-refractivity contribution in [2.75, 3.05) is 20.2 Å². The lowest BCUT2D eigenvalue weighted by Gasteiger charge is -2.29. The molecule has 202 valence electrons. The monoisotopic (exact) mass is 530 g/mol. The summed E-state index contributed by atoms with van der Waals surface area (Å²) in [6.07, 6.45) is 1.92. The number of ether oxygens (including phenoxy) is 1. The summed E-state index contributed by atoms with van der Waals surface area (Å²) in [5, 5.41) is 43.1. The summed E-state index contributed by atoms with van der Waals surface area (Å²) >= 11 is 0. The molecule has 5 rings (SSSR count). The van der Waals surface area contributed by atoms with Crippen LogP contribution in [0.5, 0.6) is 5.75 Å². The molecule has 0 saturated carbocycles. The lowest BCUT2D eigenvalue weighted by molar-refractivity contribution is -0.384. The van der Waals surface area contributed by atoms with Crippen LogP contribution < -0.4 is 4.74 Å². The Morgan fingerprint density at radius 1 is 1.05 bits per heavy atom. The lowest BCUT2D eigenvalue weighted by atomic mass is 9.96. The van der Waals surface area contributed by atoms with Crippen LogP contribution in [0.2, 0.25) is 0 Å². The van der Waals surface area contributed by atoms with E-state index in [0.717, 1.165) is 38.2 Å². The highest BCUT2D eigenvalue weighted by Gasteiger charge is 2.23. The summed E-state index contributed by atoms with van der Waals surface area (Å²) < 4.78 is 5.50. The fraction of sp³-hybridized carbons (Fsp3) is 0.321. The third-order valence-corrected chi connectivity index (χ3v) is 7.20. The van der Waals surface area contributed by atoms with Crippen molar-refractivity contribution >= 4 is 5.69 Å². The van der Waals surface area contributed by atoms with E-state index in [1.165, 1.54) is 39.2 Å². The number of nitrogens with zero attached hydrogens (tertiary/aromatic N) is 6. The highest BCUT2D eigenvalue weighted by molar-refractivity contribution is 5.69. The number of aliphatic hydroxyl groups excluding tert-OH is 2. The van der Waals surface area contributed by atoms with E-state index < -0.39 is 11.5 Å². The maximum absolute atomic E-state index is 11.6. The second-order valence-corrected chi connectivity index (χ2v) is 9.65. The van der Waals surface area contributed by atoms with Gasteiger partial charge in [-0.15, -0.1) is 15.0 Å². The Labute approximate surface area is 225 Å². The minimum Gasteiger partial charge on any atom is -0.496 e. The first-order valence-corrected chi connectivity index (χ1v) is 12.7. The van der Waals surface area contributed by atoms with Crippen LogP contribution in [0.3, 0.4) is 0 Å². The predicted octanol–water partition coefficient (Wildman–Crippen LogP) is 3.14. The molecule has 0 atom stereocenters. The van der Waals surface area contributed by atoms with E-state index in [1.807, 2.05) is 24.3 Å². The molecule has 0 fully saturated rings. The van der Waals surface area contributed by atoms with Gasteiger partial charge in [0.15, 0.2) is 0 Å². The second-order valence-electron chi connectivity index (χ2n) is 9.65. The number of methoxy groups -OCH3 is 1. The highest BCUT2D eigenvalue weighted by Crippen LogP contribution is 2.31. The molecule has 3 aromatic carbocycles. The number of rotatable bonds is 9. The van der Waals surface area contributed by atoms with Crippen LogP contribution in [0.4, 0.5) is 5.69 Å². The second kappa shape index (κ2) is 11.3. The summed E-state index contributed by atoms with van der Waals surface area (Å²) in [6, 6.07) is 14.9. The molecule has 39 heavy (non-hydrogen) atoms. The molecule has 2 N–H and O–H groups in total. The molecule has 11 nitrogen and oxygen atoms in total. The Balaban J connectivity index is 1.27. The van der Waals surface area contributed by atoms with Gasteiger partial charge in [0.1, 0.15) is 11.3 Å². The molecule has 0 aliphatic carbocycles. The number of benzene rings is 3. The molecule has 0 saturated heterocycles. The van der Waals surface area contributed by atoms with Crippen LogP contribution in [-0.2, 0) is 32.6 Å². The van der Waals surface area contributed by atoms with Gasteiger partial charge in [-0.05, 0) is 82.6 Å². The van der Waals surface area contributed by atoms with Crippen LogP contribution in [0.25, 0.3) is 17.1 Å². The molecule has 11 heteroatoms. The normalized spacial score (nSPS) is 13.3. The molecule has 0 bridgehead atoms. The fourth-order valence-electron chi connectivity index (χ4n) is 4.99. The number of fused-ring (bicyclic) bond motifs is 1. The van der Waals surface area contributed by atoms with E-state index in [-0.39, 0.29) is 29.2 Å². The molecule has 4 aromatic rings. The SMILES string of the molecule is COc1cc2c(cc1C)CCN(CCc1ccc(-n3nnc(-c4cc(CO)c(CO)cc4[N+](=O)[O-])n3)cc1)C2.